The van der Waals surface area contributed by atoms with Crippen molar-refractivity contribution in [3.63, 3.8) is 0 Å². The molecule has 0 aromatic rings. The first-order valence-corrected chi connectivity index (χ1v) is 11.1. The number of hydrogen-bond acceptors (Lipinski definition) is 4. The molecule has 2 heterocycles. The average molecular weight is 400 g/mol. The lowest BCUT2D eigenvalue weighted by Gasteiger charge is -2.53. The third-order valence-electron chi connectivity index (χ3n) is 7.97. The van der Waals surface area contributed by atoms with Crippen molar-refractivity contribution in [1.82, 2.24) is 5.32 Å². The van der Waals surface area contributed by atoms with Gasteiger partial charge < -0.3 is 19.9 Å². The molecule has 3 aliphatic carbocycles. The third kappa shape index (κ3) is 2.77. The zero-order chi connectivity index (χ0) is 20.7. The molecule has 5 heteroatoms. The Hall–Kier alpha value is -1.59. The van der Waals surface area contributed by atoms with Crippen LogP contribution in [0.25, 0.3) is 0 Å². The molecule has 0 radical (unpaired) electrons. The van der Waals surface area contributed by atoms with Gasteiger partial charge in [-0.05, 0) is 64.0 Å². The summed E-state index contributed by atoms with van der Waals surface area (Å²) >= 11 is 0. The van der Waals surface area contributed by atoms with E-state index in [9.17, 15) is 9.90 Å². The lowest BCUT2D eigenvalue weighted by molar-refractivity contribution is -0.138. The Kier molecular flexibility index (Phi) is 3.99. The second-order valence-corrected chi connectivity index (χ2v) is 10.9. The molecule has 2 N–H and O–H groups in total. The summed E-state index contributed by atoms with van der Waals surface area (Å²) in [6.45, 7) is 7.85. The highest BCUT2D eigenvalue weighted by molar-refractivity contribution is 5.68. The van der Waals surface area contributed by atoms with Crippen molar-refractivity contribution in [2.45, 2.75) is 95.2 Å². The fourth-order valence-corrected chi connectivity index (χ4v) is 6.60. The normalized spacial score (nSPS) is 44.9. The van der Waals surface area contributed by atoms with Gasteiger partial charge in [0.15, 0.2) is 0 Å². The number of allylic oxidation sites excluding steroid dienone is 1. The molecule has 1 saturated heterocycles. The van der Waals surface area contributed by atoms with E-state index in [0.717, 1.165) is 38.5 Å². The minimum Gasteiger partial charge on any atom is -0.444 e. The van der Waals surface area contributed by atoms with Gasteiger partial charge in [-0.25, -0.2) is 4.79 Å². The zero-order valence-corrected chi connectivity index (χ0v) is 18.0. The Bertz CT molecular complexity index is 836. The number of alkyl carbamates (subject to hydrolysis) is 1. The van der Waals surface area contributed by atoms with Gasteiger partial charge in [-0.1, -0.05) is 31.2 Å². The summed E-state index contributed by atoms with van der Waals surface area (Å²) in [4.78, 5) is 12.3. The molecule has 1 saturated carbocycles. The molecule has 5 nitrogen and oxygen atoms in total. The first kappa shape index (κ1) is 19.4. The van der Waals surface area contributed by atoms with E-state index in [1.54, 1.807) is 0 Å². The van der Waals surface area contributed by atoms with Crippen LogP contribution in [0.5, 0.6) is 0 Å². The lowest BCUT2D eigenvalue weighted by atomic mass is 9.60. The van der Waals surface area contributed by atoms with Crippen LogP contribution in [0.4, 0.5) is 4.79 Å². The molecule has 6 unspecified atom stereocenters. The predicted molar refractivity (Wildman–Crippen MR) is 110 cm³/mol. The molecular formula is C24H33NO4. The summed E-state index contributed by atoms with van der Waals surface area (Å²) in [5.41, 5.74) is 1.29. The number of hydrogen-bond donors (Lipinski definition) is 2. The summed E-state index contributed by atoms with van der Waals surface area (Å²) < 4.78 is 12.5. The minimum atomic E-state index is -0.514. The lowest BCUT2D eigenvalue weighted by Crippen LogP contribution is -2.55. The van der Waals surface area contributed by atoms with Crippen LogP contribution in [0.1, 0.15) is 66.2 Å². The molecule has 5 rings (SSSR count). The maximum atomic E-state index is 12.3. The highest BCUT2D eigenvalue weighted by Gasteiger charge is 2.66. The summed E-state index contributed by atoms with van der Waals surface area (Å²) in [5.74, 6) is 0.352. The topological polar surface area (TPSA) is 67.8 Å². The fraction of sp³-hybridized carbons (Fsp3) is 0.708. The van der Waals surface area contributed by atoms with Crippen LogP contribution in [-0.2, 0) is 9.47 Å². The largest absolute Gasteiger partial charge is 0.444 e. The van der Waals surface area contributed by atoms with Gasteiger partial charge in [-0.2, -0.15) is 0 Å². The van der Waals surface area contributed by atoms with E-state index in [2.05, 4.69) is 36.5 Å². The number of carbonyl (C=O) groups excluding carboxylic acids is 1. The second kappa shape index (κ2) is 5.98. The van der Waals surface area contributed by atoms with Crippen LogP contribution >= 0.6 is 0 Å². The molecule has 0 aromatic carbocycles. The SMILES string of the molecule is CC(C)(C)OC(=O)NC1C=CC2=CC3=CCC4(C)C(O)CCC4C34CCC2(C1)O4. The standard InChI is InChI=1S/C24H33NO4/c1-21(2,3)28-20(27)25-17-6-5-15-13-16-9-10-22(4)18(7-8-19(22)26)24(16)12-11-23(15,14-17)29-24/h5-6,9,13,17-19,26H,7-8,10-12,14H2,1-4H3,(H,25,27). The number of carbonyl (C=O) groups is 1. The Morgan fingerprint density at radius 3 is 2.83 bits per heavy atom. The molecule has 2 bridgehead atoms. The zero-order valence-electron chi connectivity index (χ0n) is 18.0. The highest BCUT2D eigenvalue weighted by atomic mass is 16.6. The van der Waals surface area contributed by atoms with E-state index < -0.39 is 5.60 Å². The first-order chi connectivity index (χ1) is 13.6. The summed E-state index contributed by atoms with van der Waals surface area (Å²) in [6, 6.07) is -0.105. The van der Waals surface area contributed by atoms with Gasteiger partial charge in [-0.15, -0.1) is 0 Å². The van der Waals surface area contributed by atoms with Crippen LogP contribution in [0.15, 0.2) is 35.5 Å². The van der Waals surface area contributed by atoms with Crippen molar-refractivity contribution in [2.24, 2.45) is 11.3 Å². The van der Waals surface area contributed by atoms with Crippen LogP contribution < -0.4 is 5.32 Å². The predicted octanol–water partition coefficient (Wildman–Crippen LogP) is 4.17. The monoisotopic (exact) mass is 399 g/mol. The van der Waals surface area contributed by atoms with E-state index in [1.165, 1.54) is 11.1 Å². The Labute approximate surface area is 173 Å². The number of aliphatic hydroxyl groups excluding tert-OH is 1. The van der Waals surface area contributed by atoms with E-state index in [4.69, 9.17) is 9.47 Å². The van der Waals surface area contributed by atoms with Crippen molar-refractivity contribution in [2.75, 3.05) is 0 Å². The molecule has 2 spiro atoms. The molecule has 158 valence electrons. The number of nitrogens with one attached hydrogen (secondary N) is 1. The molecule has 2 fully saturated rings. The Morgan fingerprint density at radius 1 is 1.28 bits per heavy atom. The minimum absolute atomic E-state index is 0.0982. The summed E-state index contributed by atoms with van der Waals surface area (Å²) in [7, 11) is 0. The molecule has 1 amide bonds. The highest BCUT2D eigenvalue weighted by Crippen LogP contribution is 2.65. The van der Waals surface area contributed by atoms with Crippen molar-refractivity contribution in [3.05, 3.63) is 35.5 Å². The molecule has 2 aliphatic heterocycles. The van der Waals surface area contributed by atoms with Gasteiger partial charge in [0, 0.05) is 17.8 Å². The molecule has 29 heavy (non-hydrogen) atoms. The number of aliphatic hydroxyl groups is 1. The van der Waals surface area contributed by atoms with Gasteiger partial charge >= 0.3 is 6.09 Å². The number of ether oxygens (including phenoxy) is 2. The van der Waals surface area contributed by atoms with Crippen LogP contribution in [0.2, 0.25) is 0 Å². The van der Waals surface area contributed by atoms with Crippen LogP contribution in [-0.4, -0.2) is 40.1 Å². The average Bonchev–Trinajstić information content (AvgIpc) is 3.08. The van der Waals surface area contributed by atoms with Crippen LogP contribution in [0.3, 0.4) is 0 Å². The van der Waals surface area contributed by atoms with Crippen molar-refractivity contribution in [1.29, 1.82) is 0 Å². The van der Waals surface area contributed by atoms with Crippen molar-refractivity contribution in [3.8, 4) is 0 Å². The van der Waals surface area contributed by atoms with Gasteiger partial charge in [0.25, 0.3) is 0 Å². The maximum Gasteiger partial charge on any atom is 0.408 e. The third-order valence-corrected chi connectivity index (χ3v) is 7.97. The molecule has 0 aromatic heterocycles. The van der Waals surface area contributed by atoms with Crippen LogP contribution in [0, 0.1) is 11.3 Å². The molecule has 6 atom stereocenters. The van der Waals surface area contributed by atoms with E-state index in [0.29, 0.717) is 5.92 Å². The van der Waals surface area contributed by atoms with Crippen molar-refractivity contribution < 1.29 is 19.4 Å². The smallest absolute Gasteiger partial charge is 0.408 e. The summed E-state index contributed by atoms with van der Waals surface area (Å²) in [5, 5.41) is 13.7. The first-order valence-electron chi connectivity index (χ1n) is 11.1. The molecule has 5 aliphatic rings. The fourth-order valence-electron chi connectivity index (χ4n) is 6.60. The number of amides is 1. The van der Waals surface area contributed by atoms with Gasteiger partial charge in [-0.3, -0.25) is 0 Å². The molecular weight excluding hydrogens is 366 g/mol. The number of rotatable bonds is 1. The van der Waals surface area contributed by atoms with E-state index >= 15 is 0 Å². The Morgan fingerprint density at radius 2 is 2.07 bits per heavy atom. The summed E-state index contributed by atoms with van der Waals surface area (Å²) in [6.07, 6.45) is 13.7. The van der Waals surface area contributed by atoms with Crippen molar-refractivity contribution >= 4 is 6.09 Å². The maximum absolute atomic E-state index is 12.3. The quantitative estimate of drug-likeness (QED) is 0.694. The van der Waals surface area contributed by atoms with Gasteiger partial charge in [0.2, 0.25) is 0 Å². The van der Waals surface area contributed by atoms with Gasteiger partial charge in [0.1, 0.15) is 5.60 Å². The van der Waals surface area contributed by atoms with E-state index in [-0.39, 0.29) is 34.9 Å². The second-order valence-electron chi connectivity index (χ2n) is 10.9. The van der Waals surface area contributed by atoms with E-state index in [1.807, 2.05) is 20.8 Å². The van der Waals surface area contributed by atoms with Gasteiger partial charge in [0.05, 0.1) is 23.3 Å². The Balaban J connectivity index is 1.43. The number of fused-ring (bicyclic) bond motifs is 1.